The van der Waals surface area contributed by atoms with Crippen molar-refractivity contribution in [3.05, 3.63) is 95.8 Å². The molecule has 0 unspecified atom stereocenters. The third kappa shape index (κ3) is 4.82. The normalized spacial score (nSPS) is 10.9. The SMILES string of the molecule is COc1cc(C=Cc2[nH]c(=O)[nH]c(=O)c2[N+](=O)[O-])ccc1OCc1ccc(C)cc1. The van der Waals surface area contributed by atoms with E-state index in [1.165, 1.54) is 19.3 Å². The Labute approximate surface area is 170 Å². The first-order valence-corrected chi connectivity index (χ1v) is 8.93. The van der Waals surface area contributed by atoms with Gasteiger partial charge in [0.2, 0.25) is 0 Å². The molecule has 1 aromatic heterocycles. The highest BCUT2D eigenvalue weighted by Crippen LogP contribution is 2.29. The summed E-state index contributed by atoms with van der Waals surface area (Å²) in [4.78, 5) is 37.5. The molecule has 0 saturated heterocycles. The second-order valence-electron chi connectivity index (χ2n) is 6.45. The molecule has 154 valence electrons. The highest BCUT2D eigenvalue weighted by atomic mass is 16.6. The van der Waals surface area contributed by atoms with Crippen molar-refractivity contribution in [1.82, 2.24) is 9.97 Å². The van der Waals surface area contributed by atoms with Crippen LogP contribution in [0.2, 0.25) is 0 Å². The predicted molar refractivity (Wildman–Crippen MR) is 112 cm³/mol. The van der Waals surface area contributed by atoms with Gasteiger partial charge in [0.1, 0.15) is 12.3 Å². The highest BCUT2D eigenvalue weighted by molar-refractivity contribution is 5.72. The minimum absolute atomic E-state index is 0.201. The number of nitro groups is 1. The lowest BCUT2D eigenvalue weighted by molar-refractivity contribution is -0.386. The van der Waals surface area contributed by atoms with Crippen LogP contribution in [0.4, 0.5) is 5.69 Å². The Bertz CT molecular complexity index is 1210. The number of nitrogens with one attached hydrogen (secondary N) is 2. The van der Waals surface area contributed by atoms with Crippen LogP contribution in [-0.2, 0) is 6.61 Å². The fourth-order valence-corrected chi connectivity index (χ4v) is 2.73. The summed E-state index contributed by atoms with van der Waals surface area (Å²) in [6, 6.07) is 13.1. The number of methoxy groups -OCH3 is 1. The Balaban J connectivity index is 1.83. The molecule has 2 aromatic carbocycles. The molecule has 2 N–H and O–H groups in total. The molecule has 9 heteroatoms. The maximum atomic E-state index is 11.7. The van der Waals surface area contributed by atoms with Gasteiger partial charge in [0.15, 0.2) is 11.5 Å². The molecule has 0 amide bonds. The summed E-state index contributed by atoms with van der Waals surface area (Å²) in [7, 11) is 1.50. The van der Waals surface area contributed by atoms with Gasteiger partial charge in [-0.15, -0.1) is 0 Å². The second-order valence-corrected chi connectivity index (χ2v) is 6.45. The average molecular weight is 409 g/mol. The van der Waals surface area contributed by atoms with Gasteiger partial charge in [-0.1, -0.05) is 42.0 Å². The maximum Gasteiger partial charge on any atom is 0.357 e. The summed E-state index contributed by atoms with van der Waals surface area (Å²) in [5, 5.41) is 11.1. The Kier molecular flexibility index (Phi) is 6.11. The quantitative estimate of drug-likeness (QED) is 0.456. The average Bonchev–Trinajstić information content (AvgIpc) is 2.71. The van der Waals surface area contributed by atoms with Crippen molar-refractivity contribution in [1.29, 1.82) is 0 Å². The van der Waals surface area contributed by atoms with Crippen LogP contribution < -0.4 is 20.7 Å². The third-order valence-corrected chi connectivity index (χ3v) is 4.27. The molecule has 0 radical (unpaired) electrons. The van der Waals surface area contributed by atoms with Crippen LogP contribution >= 0.6 is 0 Å². The number of aromatic nitrogens is 2. The summed E-state index contributed by atoms with van der Waals surface area (Å²) in [6.45, 7) is 2.38. The van der Waals surface area contributed by atoms with Crippen LogP contribution in [0.3, 0.4) is 0 Å². The standard InChI is InChI=1S/C21H19N3O6/c1-13-3-5-15(6-4-13)12-30-17-10-8-14(11-18(17)29-2)7-9-16-19(24(27)28)20(25)23-21(26)22-16/h3-11H,12H2,1-2H3,(H2,22,23,25,26). The van der Waals surface area contributed by atoms with Gasteiger partial charge in [0, 0.05) is 0 Å². The fraction of sp³-hybridized carbons (Fsp3) is 0.143. The van der Waals surface area contributed by atoms with Crippen LogP contribution in [0.1, 0.15) is 22.4 Å². The summed E-state index contributed by atoms with van der Waals surface area (Å²) in [5.41, 5.74) is -0.0385. The fourth-order valence-electron chi connectivity index (χ4n) is 2.73. The number of benzene rings is 2. The van der Waals surface area contributed by atoms with E-state index >= 15 is 0 Å². The first-order chi connectivity index (χ1) is 14.4. The van der Waals surface area contributed by atoms with Gasteiger partial charge in [-0.3, -0.25) is 19.9 Å². The summed E-state index contributed by atoms with van der Waals surface area (Å²) < 4.78 is 11.2. The van der Waals surface area contributed by atoms with Crippen LogP contribution in [-0.4, -0.2) is 22.0 Å². The number of hydrogen-bond acceptors (Lipinski definition) is 6. The van der Waals surface area contributed by atoms with Gasteiger partial charge in [-0.25, -0.2) is 4.79 Å². The van der Waals surface area contributed by atoms with Gasteiger partial charge in [-0.05, 0) is 36.3 Å². The summed E-state index contributed by atoms with van der Waals surface area (Å²) in [6.07, 6.45) is 2.81. The lowest BCUT2D eigenvalue weighted by Gasteiger charge is -2.11. The molecule has 0 aliphatic heterocycles. The molecule has 9 nitrogen and oxygen atoms in total. The summed E-state index contributed by atoms with van der Waals surface area (Å²) >= 11 is 0. The second kappa shape index (κ2) is 8.91. The number of rotatable bonds is 7. The van der Waals surface area contributed by atoms with E-state index in [1.54, 1.807) is 18.2 Å². The maximum absolute atomic E-state index is 11.7. The molecule has 30 heavy (non-hydrogen) atoms. The molecule has 0 atom stereocenters. The van der Waals surface area contributed by atoms with E-state index in [1.807, 2.05) is 36.2 Å². The minimum atomic E-state index is -1.07. The van der Waals surface area contributed by atoms with Crippen LogP contribution in [0.15, 0.2) is 52.1 Å². The van der Waals surface area contributed by atoms with Gasteiger partial charge in [0.05, 0.1) is 12.0 Å². The van der Waals surface area contributed by atoms with Crippen molar-refractivity contribution in [3.8, 4) is 11.5 Å². The number of aromatic amines is 2. The number of aryl methyl sites for hydroxylation is 1. The lowest BCUT2D eigenvalue weighted by Crippen LogP contribution is -2.25. The smallest absolute Gasteiger partial charge is 0.357 e. The number of hydrogen-bond donors (Lipinski definition) is 2. The monoisotopic (exact) mass is 409 g/mol. The Hall–Kier alpha value is -4.14. The van der Waals surface area contributed by atoms with E-state index < -0.39 is 21.9 Å². The topological polar surface area (TPSA) is 127 Å². The summed E-state index contributed by atoms with van der Waals surface area (Å²) in [5.74, 6) is 1.00. The molecular weight excluding hydrogens is 390 g/mol. The molecule has 0 saturated carbocycles. The van der Waals surface area contributed by atoms with Crippen molar-refractivity contribution in [3.63, 3.8) is 0 Å². The van der Waals surface area contributed by atoms with Gasteiger partial charge >= 0.3 is 16.9 Å². The molecule has 0 spiro atoms. The molecule has 0 aliphatic carbocycles. The molecule has 0 aliphatic rings. The Morgan fingerprint density at radius 3 is 2.43 bits per heavy atom. The van der Waals surface area contributed by atoms with Crippen LogP contribution in [0, 0.1) is 17.0 Å². The number of nitrogens with zero attached hydrogens (tertiary/aromatic N) is 1. The molecule has 0 fully saturated rings. The molecule has 3 rings (SSSR count). The zero-order chi connectivity index (χ0) is 21.7. The van der Waals surface area contributed by atoms with Gasteiger partial charge < -0.3 is 14.5 Å². The largest absolute Gasteiger partial charge is 0.493 e. The predicted octanol–water partition coefficient (Wildman–Crippen LogP) is 3.04. The zero-order valence-electron chi connectivity index (χ0n) is 16.3. The molecular formula is C21H19N3O6. The van der Waals surface area contributed by atoms with E-state index in [0.29, 0.717) is 23.7 Å². The Morgan fingerprint density at radius 2 is 1.77 bits per heavy atom. The molecule has 1 heterocycles. The van der Waals surface area contributed by atoms with E-state index in [0.717, 1.165) is 11.1 Å². The zero-order valence-corrected chi connectivity index (χ0v) is 16.3. The van der Waals surface area contributed by atoms with Crippen molar-refractivity contribution in [2.75, 3.05) is 7.11 Å². The van der Waals surface area contributed by atoms with Crippen molar-refractivity contribution < 1.29 is 14.4 Å². The van der Waals surface area contributed by atoms with Crippen molar-refractivity contribution in [2.24, 2.45) is 0 Å². The van der Waals surface area contributed by atoms with E-state index in [-0.39, 0.29) is 5.69 Å². The van der Waals surface area contributed by atoms with Gasteiger partial charge in [0.25, 0.3) is 0 Å². The number of H-pyrrole nitrogens is 2. The lowest BCUT2D eigenvalue weighted by atomic mass is 10.1. The third-order valence-electron chi connectivity index (χ3n) is 4.27. The van der Waals surface area contributed by atoms with Gasteiger partial charge in [-0.2, -0.15) is 0 Å². The van der Waals surface area contributed by atoms with E-state index in [9.17, 15) is 19.7 Å². The van der Waals surface area contributed by atoms with Crippen LogP contribution in [0.5, 0.6) is 11.5 Å². The first kappa shape index (κ1) is 20.6. The number of ether oxygens (including phenoxy) is 2. The van der Waals surface area contributed by atoms with Crippen LogP contribution in [0.25, 0.3) is 12.2 Å². The molecule has 3 aromatic rings. The highest BCUT2D eigenvalue weighted by Gasteiger charge is 2.18. The first-order valence-electron chi connectivity index (χ1n) is 8.93. The Morgan fingerprint density at radius 1 is 1.03 bits per heavy atom. The molecule has 0 bridgehead atoms. The van der Waals surface area contributed by atoms with E-state index in [2.05, 4.69) is 4.98 Å². The van der Waals surface area contributed by atoms with E-state index in [4.69, 9.17) is 9.47 Å². The van der Waals surface area contributed by atoms with Crippen molar-refractivity contribution in [2.45, 2.75) is 13.5 Å². The minimum Gasteiger partial charge on any atom is -0.493 e. The van der Waals surface area contributed by atoms with Crippen molar-refractivity contribution >= 4 is 17.8 Å².